The summed E-state index contributed by atoms with van der Waals surface area (Å²) >= 11 is 0. The molecule has 1 amide bonds. The first-order valence-corrected chi connectivity index (χ1v) is 8.24. The van der Waals surface area contributed by atoms with E-state index in [1.54, 1.807) is 12.1 Å². The molecule has 0 saturated heterocycles. The molecule has 25 heavy (non-hydrogen) atoms. The lowest BCUT2D eigenvalue weighted by atomic mass is 9.94. The summed E-state index contributed by atoms with van der Waals surface area (Å²) in [6.45, 7) is 4.77. The minimum Gasteiger partial charge on any atom is -0.387 e. The van der Waals surface area contributed by atoms with Crippen molar-refractivity contribution in [2.75, 3.05) is 6.54 Å². The first-order chi connectivity index (χ1) is 11.4. The number of primary amides is 1. The van der Waals surface area contributed by atoms with Gasteiger partial charge in [0.25, 0.3) is 0 Å². The number of rotatable bonds is 8. The van der Waals surface area contributed by atoms with Crippen LogP contribution in [0.15, 0.2) is 54.6 Å². The molecule has 0 spiro atoms. The number of hydrogen-bond acceptors (Lipinski definition) is 3. The number of β-amino-alcohol motifs (C(OH)–C–C–N with tert-alkyl or cyclic N) is 1. The summed E-state index contributed by atoms with van der Waals surface area (Å²) in [6.07, 6.45) is 1.30. The maximum Gasteiger partial charge on any atom is 0.248 e. The summed E-state index contributed by atoms with van der Waals surface area (Å²) < 4.78 is 0. The van der Waals surface area contributed by atoms with Gasteiger partial charge in [0, 0.05) is 17.6 Å². The summed E-state index contributed by atoms with van der Waals surface area (Å²) in [4.78, 5) is 11.1. The van der Waals surface area contributed by atoms with E-state index in [9.17, 15) is 9.90 Å². The predicted molar refractivity (Wildman–Crippen MR) is 104 cm³/mol. The SMILES string of the molecule is CC(C)(CCc1ccc(C(N)=O)cc1)NC[C@H](O)c1ccccc1.Cl. The molecule has 0 bridgehead atoms. The molecular formula is C20H27ClN2O2. The lowest BCUT2D eigenvalue weighted by Gasteiger charge is -2.28. The Labute approximate surface area is 155 Å². The van der Waals surface area contributed by atoms with Crippen molar-refractivity contribution in [1.82, 2.24) is 5.32 Å². The van der Waals surface area contributed by atoms with Gasteiger partial charge in [-0.25, -0.2) is 0 Å². The van der Waals surface area contributed by atoms with Gasteiger partial charge in [-0.1, -0.05) is 42.5 Å². The van der Waals surface area contributed by atoms with Crippen molar-refractivity contribution in [1.29, 1.82) is 0 Å². The molecule has 0 aliphatic carbocycles. The second-order valence-corrected chi connectivity index (χ2v) is 6.75. The van der Waals surface area contributed by atoms with Gasteiger partial charge in [-0.3, -0.25) is 4.79 Å². The summed E-state index contributed by atoms with van der Waals surface area (Å²) in [5.41, 5.74) is 7.77. The number of benzene rings is 2. The Balaban J connectivity index is 0.00000312. The van der Waals surface area contributed by atoms with Crippen LogP contribution in [0.1, 0.15) is 47.9 Å². The minimum atomic E-state index is -0.514. The van der Waals surface area contributed by atoms with E-state index in [1.807, 2.05) is 42.5 Å². The number of aliphatic hydroxyl groups excluding tert-OH is 1. The van der Waals surface area contributed by atoms with E-state index >= 15 is 0 Å². The number of hydrogen-bond donors (Lipinski definition) is 3. The Bertz CT molecular complexity index is 657. The summed E-state index contributed by atoms with van der Waals surface area (Å²) in [5.74, 6) is -0.404. The molecule has 0 aliphatic rings. The van der Waals surface area contributed by atoms with Crippen LogP contribution in [-0.4, -0.2) is 23.1 Å². The highest BCUT2D eigenvalue weighted by Gasteiger charge is 2.19. The van der Waals surface area contributed by atoms with Crippen LogP contribution in [0.5, 0.6) is 0 Å². The molecule has 0 unspecified atom stereocenters. The molecule has 1 atom stereocenters. The molecule has 0 saturated carbocycles. The van der Waals surface area contributed by atoms with Gasteiger partial charge in [-0.05, 0) is 49.9 Å². The van der Waals surface area contributed by atoms with E-state index in [0.29, 0.717) is 12.1 Å². The van der Waals surface area contributed by atoms with E-state index in [4.69, 9.17) is 5.73 Å². The molecule has 2 aromatic carbocycles. The molecule has 2 rings (SSSR count). The van der Waals surface area contributed by atoms with Crippen molar-refractivity contribution < 1.29 is 9.90 Å². The van der Waals surface area contributed by atoms with Crippen molar-refractivity contribution in [2.45, 2.75) is 38.3 Å². The fourth-order valence-electron chi connectivity index (χ4n) is 2.55. The second-order valence-electron chi connectivity index (χ2n) is 6.75. The zero-order chi connectivity index (χ0) is 17.6. The Kier molecular flexibility index (Phi) is 8.10. The zero-order valence-electron chi connectivity index (χ0n) is 14.7. The van der Waals surface area contributed by atoms with Crippen molar-refractivity contribution >= 4 is 18.3 Å². The third kappa shape index (κ3) is 6.86. The van der Waals surface area contributed by atoms with Gasteiger partial charge < -0.3 is 16.2 Å². The van der Waals surface area contributed by atoms with Gasteiger partial charge in [0.2, 0.25) is 5.91 Å². The summed E-state index contributed by atoms with van der Waals surface area (Å²) in [5, 5.41) is 13.7. The van der Waals surface area contributed by atoms with Crippen molar-refractivity contribution in [3.63, 3.8) is 0 Å². The normalized spacial score (nSPS) is 12.3. The number of aryl methyl sites for hydroxylation is 1. The van der Waals surface area contributed by atoms with Gasteiger partial charge in [-0.15, -0.1) is 12.4 Å². The number of nitrogens with one attached hydrogen (secondary N) is 1. The predicted octanol–water partition coefficient (Wildman–Crippen LogP) is 3.24. The van der Waals surface area contributed by atoms with Gasteiger partial charge in [0.15, 0.2) is 0 Å². The molecular weight excluding hydrogens is 336 g/mol. The standard InChI is InChI=1S/C20H26N2O2.ClH/c1-20(2,22-14-18(23)16-6-4-3-5-7-16)13-12-15-8-10-17(11-9-15)19(21)24;/h3-11,18,22-23H,12-14H2,1-2H3,(H2,21,24);1H/t18-;/m0./s1. The molecule has 0 radical (unpaired) electrons. The molecule has 5 heteroatoms. The highest BCUT2D eigenvalue weighted by molar-refractivity contribution is 5.92. The molecule has 4 nitrogen and oxygen atoms in total. The van der Waals surface area contributed by atoms with E-state index in [2.05, 4.69) is 19.2 Å². The molecule has 0 aromatic heterocycles. The van der Waals surface area contributed by atoms with Crippen LogP contribution >= 0.6 is 12.4 Å². The molecule has 0 heterocycles. The fourth-order valence-corrected chi connectivity index (χ4v) is 2.55. The number of carbonyl (C=O) groups excluding carboxylic acids is 1. The third-order valence-electron chi connectivity index (χ3n) is 4.24. The van der Waals surface area contributed by atoms with Crippen LogP contribution in [0.3, 0.4) is 0 Å². The van der Waals surface area contributed by atoms with E-state index in [1.165, 1.54) is 5.56 Å². The molecule has 0 fully saturated rings. The molecule has 0 aliphatic heterocycles. The lowest BCUT2D eigenvalue weighted by molar-refractivity contribution is 0.100. The quantitative estimate of drug-likeness (QED) is 0.674. The van der Waals surface area contributed by atoms with Gasteiger partial charge >= 0.3 is 0 Å². The topological polar surface area (TPSA) is 75.4 Å². The highest BCUT2D eigenvalue weighted by Crippen LogP contribution is 2.17. The number of nitrogens with two attached hydrogens (primary N) is 1. The molecule has 2 aromatic rings. The van der Waals surface area contributed by atoms with Crippen LogP contribution in [0.4, 0.5) is 0 Å². The van der Waals surface area contributed by atoms with Crippen LogP contribution in [-0.2, 0) is 6.42 Å². The fraction of sp³-hybridized carbons (Fsp3) is 0.350. The highest BCUT2D eigenvalue weighted by atomic mass is 35.5. The molecule has 4 N–H and O–H groups in total. The summed E-state index contributed by atoms with van der Waals surface area (Å²) in [6, 6.07) is 17.1. The maximum absolute atomic E-state index is 11.1. The number of carbonyl (C=O) groups is 1. The second kappa shape index (κ2) is 9.56. The van der Waals surface area contributed by atoms with Crippen molar-refractivity contribution in [3.05, 3.63) is 71.3 Å². The average molecular weight is 363 g/mol. The Morgan fingerprint density at radius 3 is 2.28 bits per heavy atom. The Hall–Kier alpha value is -1.88. The zero-order valence-corrected chi connectivity index (χ0v) is 15.6. The number of aliphatic hydroxyl groups is 1. The van der Waals surface area contributed by atoms with Gasteiger partial charge in [-0.2, -0.15) is 0 Å². The van der Waals surface area contributed by atoms with E-state index < -0.39 is 12.0 Å². The lowest BCUT2D eigenvalue weighted by Crippen LogP contribution is -2.41. The van der Waals surface area contributed by atoms with Crippen LogP contribution in [0.2, 0.25) is 0 Å². The largest absolute Gasteiger partial charge is 0.387 e. The first-order valence-electron chi connectivity index (χ1n) is 8.24. The summed E-state index contributed by atoms with van der Waals surface area (Å²) in [7, 11) is 0. The Morgan fingerprint density at radius 1 is 1.12 bits per heavy atom. The van der Waals surface area contributed by atoms with E-state index in [-0.39, 0.29) is 17.9 Å². The third-order valence-corrected chi connectivity index (χ3v) is 4.24. The Morgan fingerprint density at radius 2 is 1.72 bits per heavy atom. The van der Waals surface area contributed by atoms with Crippen molar-refractivity contribution in [2.24, 2.45) is 5.73 Å². The van der Waals surface area contributed by atoms with Crippen LogP contribution < -0.4 is 11.1 Å². The minimum absolute atomic E-state index is 0. The monoisotopic (exact) mass is 362 g/mol. The number of halogens is 1. The smallest absolute Gasteiger partial charge is 0.248 e. The maximum atomic E-state index is 11.1. The average Bonchev–Trinajstić information content (AvgIpc) is 2.59. The first kappa shape index (κ1) is 21.2. The number of amides is 1. The molecule has 136 valence electrons. The van der Waals surface area contributed by atoms with E-state index in [0.717, 1.165) is 18.4 Å². The van der Waals surface area contributed by atoms with Crippen LogP contribution in [0.25, 0.3) is 0 Å². The van der Waals surface area contributed by atoms with Gasteiger partial charge in [0.1, 0.15) is 0 Å². The van der Waals surface area contributed by atoms with Crippen molar-refractivity contribution in [3.8, 4) is 0 Å². The van der Waals surface area contributed by atoms with Gasteiger partial charge in [0.05, 0.1) is 6.10 Å². The van der Waals surface area contributed by atoms with Crippen LogP contribution in [0, 0.1) is 0 Å².